The van der Waals surface area contributed by atoms with Crippen LogP contribution in [-0.2, 0) is 9.53 Å². The fourth-order valence-corrected chi connectivity index (χ4v) is 2.87. The topological polar surface area (TPSA) is 61.8 Å². The van der Waals surface area contributed by atoms with Crippen molar-refractivity contribution in [3.8, 4) is 0 Å². The zero-order valence-corrected chi connectivity index (χ0v) is 12.6. The zero-order valence-electron chi connectivity index (χ0n) is 12.6. The number of aliphatic carboxylic acids is 1. The second-order valence-corrected chi connectivity index (χ2v) is 5.76. The maximum absolute atomic E-state index is 11.6. The molecule has 2 atom stereocenters. The summed E-state index contributed by atoms with van der Waals surface area (Å²) in [5.74, 6) is -0.720. The van der Waals surface area contributed by atoms with Gasteiger partial charge in [-0.05, 0) is 47.1 Å². The first-order valence-electron chi connectivity index (χ1n) is 7.20. The molecule has 0 saturated heterocycles. The Labute approximate surface area is 116 Å². The number of ether oxygens (including phenoxy) is 1. The average Bonchev–Trinajstić information content (AvgIpc) is 2.74. The summed E-state index contributed by atoms with van der Waals surface area (Å²) < 4.78 is 5.35. The Balaban J connectivity index is 2.55. The summed E-state index contributed by atoms with van der Waals surface area (Å²) in [6.45, 7) is 8.27. The van der Waals surface area contributed by atoms with Crippen LogP contribution in [0.4, 0.5) is 0 Å². The predicted octanol–water partition coefficient (Wildman–Crippen LogP) is 1.33. The highest BCUT2D eigenvalue weighted by atomic mass is 16.5. The Morgan fingerprint density at radius 1 is 1.58 bits per heavy atom. The molecule has 0 radical (unpaired) electrons. The van der Waals surface area contributed by atoms with Gasteiger partial charge in [0.1, 0.15) is 5.54 Å². The molecule has 0 amide bonds. The van der Waals surface area contributed by atoms with Gasteiger partial charge in [0.15, 0.2) is 0 Å². The minimum absolute atomic E-state index is 0.184. The third-order valence-electron chi connectivity index (χ3n) is 3.88. The summed E-state index contributed by atoms with van der Waals surface area (Å²) in [4.78, 5) is 13.8. The highest BCUT2D eigenvalue weighted by molar-refractivity contribution is 5.79. The molecule has 2 unspecified atom stereocenters. The molecule has 0 aliphatic heterocycles. The van der Waals surface area contributed by atoms with E-state index < -0.39 is 11.5 Å². The lowest BCUT2D eigenvalue weighted by Gasteiger charge is -2.30. The van der Waals surface area contributed by atoms with E-state index in [1.165, 1.54) is 0 Å². The molecule has 5 heteroatoms. The molecule has 2 N–H and O–H groups in total. The first kappa shape index (κ1) is 16.4. The molecule has 0 bridgehead atoms. The van der Waals surface area contributed by atoms with E-state index >= 15 is 0 Å². The quantitative estimate of drug-likeness (QED) is 0.653. The molecule has 1 fully saturated rings. The molecule has 0 spiro atoms. The van der Waals surface area contributed by atoms with Crippen LogP contribution in [0.3, 0.4) is 0 Å². The molecule has 19 heavy (non-hydrogen) atoms. The Bertz CT molecular complexity index is 296. The molecule has 5 nitrogen and oxygen atoms in total. The third kappa shape index (κ3) is 4.44. The van der Waals surface area contributed by atoms with E-state index in [1.807, 2.05) is 20.8 Å². The number of likely N-dealkylation sites (N-methyl/N-ethyl adjacent to an activating group) is 1. The van der Waals surface area contributed by atoms with Crippen molar-refractivity contribution < 1.29 is 14.6 Å². The fourth-order valence-electron chi connectivity index (χ4n) is 2.87. The molecule has 1 aliphatic carbocycles. The average molecular weight is 272 g/mol. The van der Waals surface area contributed by atoms with Crippen molar-refractivity contribution in [2.45, 2.75) is 57.7 Å². The van der Waals surface area contributed by atoms with Gasteiger partial charge >= 0.3 is 5.97 Å². The number of carbonyl (C=O) groups is 1. The highest BCUT2D eigenvalue weighted by Crippen LogP contribution is 2.33. The van der Waals surface area contributed by atoms with E-state index in [-0.39, 0.29) is 6.04 Å². The summed E-state index contributed by atoms with van der Waals surface area (Å²) in [6, 6.07) is 0.506. The van der Waals surface area contributed by atoms with Gasteiger partial charge < -0.3 is 14.7 Å². The number of nitrogens with one attached hydrogen (secondary N) is 1. The molecular weight excluding hydrogens is 244 g/mol. The summed E-state index contributed by atoms with van der Waals surface area (Å²) in [5, 5.41) is 12.8. The first-order valence-corrected chi connectivity index (χ1v) is 7.20. The number of carboxylic acid groups (broad SMARTS) is 1. The molecule has 1 aliphatic rings. The van der Waals surface area contributed by atoms with Gasteiger partial charge in [-0.25, -0.2) is 0 Å². The zero-order chi connectivity index (χ0) is 14.5. The lowest BCUT2D eigenvalue weighted by Crippen LogP contribution is -2.53. The fraction of sp³-hybridized carbons (Fsp3) is 0.929. The van der Waals surface area contributed by atoms with Gasteiger partial charge in [0.25, 0.3) is 0 Å². The minimum atomic E-state index is -0.751. The summed E-state index contributed by atoms with van der Waals surface area (Å²) in [7, 11) is 2.05. The molecule has 0 aromatic carbocycles. The van der Waals surface area contributed by atoms with E-state index in [4.69, 9.17) is 4.74 Å². The Morgan fingerprint density at radius 3 is 2.79 bits per heavy atom. The van der Waals surface area contributed by atoms with Crippen LogP contribution < -0.4 is 5.32 Å². The van der Waals surface area contributed by atoms with Crippen LogP contribution in [0.5, 0.6) is 0 Å². The molecular formula is C14H28N2O3. The summed E-state index contributed by atoms with van der Waals surface area (Å²) >= 11 is 0. The van der Waals surface area contributed by atoms with E-state index in [2.05, 4.69) is 17.3 Å². The molecule has 0 aromatic heterocycles. The van der Waals surface area contributed by atoms with Gasteiger partial charge in [0.2, 0.25) is 0 Å². The smallest absolute Gasteiger partial charge is 0.323 e. The van der Waals surface area contributed by atoms with Crippen molar-refractivity contribution in [3.05, 3.63) is 0 Å². The summed E-state index contributed by atoms with van der Waals surface area (Å²) in [6.07, 6.45) is 2.29. The van der Waals surface area contributed by atoms with Crippen LogP contribution in [0.2, 0.25) is 0 Å². The van der Waals surface area contributed by atoms with Gasteiger partial charge in [0, 0.05) is 25.2 Å². The largest absolute Gasteiger partial charge is 0.480 e. The second-order valence-electron chi connectivity index (χ2n) is 5.76. The van der Waals surface area contributed by atoms with Crippen LogP contribution in [0.15, 0.2) is 0 Å². The Morgan fingerprint density at radius 2 is 2.26 bits per heavy atom. The van der Waals surface area contributed by atoms with Gasteiger partial charge in [-0.1, -0.05) is 0 Å². The van der Waals surface area contributed by atoms with Crippen LogP contribution in [0.1, 0.15) is 40.0 Å². The summed E-state index contributed by atoms with van der Waals surface area (Å²) in [5.41, 5.74) is -0.751. The van der Waals surface area contributed by atoms with E-state index in [9.17, 15) is 9.90 Å². The van der Waals surface area contributed by atoms with Crippen molar-refractivity contribution in [3.63, 3.8) is 0 Å². The van der Waals surface area contributed by atoms with Crippen molar-refractivity contribution in [2.24, 2.45) is 0 Å². The van der Waals surface area contributed by atoms with Crippen LogP contribution in [0, 0.1) is 0 Å². The van der Waals surface area contributed by atoms with Crippen molar-refractivity contribution in [1.82, 2.24) is 10.2 Å². The Hall–Kier alpha value is -0.650. The van der Waals surface area contributed by atoms with Gasteiger partial charge in [-0.15, -0.1) is 0 Å². The maximum atomic E-state index is 11.6. The van der Waals surface area contributed by atoms with Crippen LogP contribution >= 0.6 is 0 Å². The van der Waals surface area contributed by atoms with Crippen LogP contribution in [-0.4, -0.2) is 60.4 Å². The molecule has 0 heterocycles. The van der Waals surface area contributed by atoms with Gasteiger partial charge in [-0.2, -0.15) is 0 Å². The number of hydrogen-bond acceptors (Lipinski definition) is 4. The SMILES string of the molecule is CCOCCN(C)C1CCC(NC(C)C)(C(=O)O)C1. The number of hydrogen-bond donors (Lipinski definition) is 2. The third-order valence-corrected chi connectivity index (χ3v) is 3.88. The predicted molar refractivity (Wildman–Crippen MR) is 75.4 cm³/mol. The maximum Gasteiger partial charge on any atom is 0.323 e. The highest BCUT2D eigenvalue weighted by Gasteiger charge is 2.46. The van der Waals surface area contributed by atoms with Gasteiger partial charge in [-0.3, -0.25) is 10.1 Å². The van der Waals surface area contributed by atoms with Crippen molar-refractivity contribution in [1.29, 1.82) is 0 Å². The molecule has 0 aromatic rings. The van der Waals surface area contributed by atoms with Crippen LogP contribution in [0.25, 0.3) is 0 Å². The molecule has 1 saturated carbocycles. The lowest BCUT2D eigenvalue weighted by molar-refractivity contribution is -0.145. The minimum Gasteiger partial charge on any atom is -0.480 e. The second kappa shape index (κ2) is 7.22. The monoisotopic (exact) mass is 272 g/mol. The van der Waals surface area contributed by atoms with Crippen molar-refractivity contribution >= 4 is 5.97 Å². The molecule has 1 rings (SSSR count). The normalized spacial score (nSPS) is 27.4. The molecule has 112 valence electrons. The van der Waals surface area contributed by atoms with E-state index in [0.29, 0.717) is 25.5 Å². The van der Waals surface area contributed by atoms with Crippen molar-refractivity contribution in [2.75, 3.05) is 26.8 Å². The standard InChI is InChI=1S/C14H28N2O3/c1-5-19-9-8-16(4)12-6-7-14(10-12,13(17)18)15-11(2)3/h11-12,15H,5-10H2,1-4H3,(H,17,18). The van der Waals surface area contributed by atoms with Gasteiger partial charge in [0.05, 0.1) is 6.61 Å². The number of nitrogens with zero attached hydrogens (tertiary/aromatic N) is 1. The lowest BCUT2D eigenvalue weighted by atomic mass is 9.96. The van der Waals surface area contributed by atoms with E-state index in [0.717, 1.165) is 19.6 Å². The van der Waals surface area contributed by atoms with E-state index in [1.54, 1.807) is 0 Å². The number of carboxylic acids is 1. The number of rotatable bonds is 8. The Kier molecular flexibility index (Phi) is 6.23. The first-order chi connectivity index (χ1) is 8.91.